The van der Waals surface area contributed by atoms with E-state index in [2.05, 4.69) is 6.08 Å². The van der Waals surface area contributed by atoms with Gasteiger partial charge in [-0.05, 0) is 44.4 Å². The van der Waals surface area contributed by atoms with Crippen LogP contribution < -0.4 is 0 Å². The van der Waals surface area contributed by atoms with E-state index in [9.17, 15) is 0 Å². The topological polar surface area (TPSA) is 0 Å². The van der Waals surface area contributed by atoms with E-state index in [1.165, 1.54) is 51.4 Å². The lowest BCUT2D eigenvalue weighted by atomic mass is 9.92. The summed E-state index contributed by atoms with van der Waals surface area (Å²) in [6.45, 7) is 0. The summed E-state index contributed by atoms with van der Waals surface area (Å²) in [5, 5.41) is 0. The van der Waals surface area contributed by atoms with Gasteiger partial charge in [-0.3, -0.25) is 0 Å². The summed E-state index contributed by atoms with van der Waals surface area (Å²) >= 11 is 0. The van der Waals surface area contributed by atoms with Gasteiger partial charge in [0.15, 0.2) is 0 Å². The molecule has 0 N–H and O–H groups in total. The second kappa shape index (κ2) is 3.42. The average molecular weight is 150 g/mol. The Hall–Kier alpha value is -0.260. The lowest BCUT2D eigenvalue weighted by Gasteiger charge is -2.14. The Bertz CT molecular complexity index is 155. The van der Waals surface area contributed by atoms with E-state index in [1.807, 2.05) is 5.57 Å². The molecule has 0 nitrogen and oxygen atoms in total. The van der Waals surface area contributed by atoms with Crippen LogP contribution in [0.2, 0.25) is 0 Å². The van der Waals surface area contributed by atoms with Gasteiger partial charge in [0.1, 0.15) is 0 Å². The Morgan fingerprint density at radius 3 is 2.91 bits per heavy atom. The molecule has 0 spiro atoms. The molecule has 1 unspecified atom stereocenters. The van der Waals surface area contributed by atoms with E-state index < -0.39 is 0 Å². The van der Waals surface area contributed by atoms with Gasteiger partial charge in [-0.2, -0.15) is 0 Å². The molecular formula is C11H18. The van der Waals surface area contributed by atoms with Crippen LogP contribution in [-0.4, -0.2) is 0 Å². The van der Waals surface area contributed by atoms with E-state index in [1.54, 1.807) is 0 Å². The highest BCUT2D eigenvalue weighted by molar-refractivity contribution is 5.11. The minimum Gasteiger partial charge on any atom is -0.0851 e. The van der Waals surface area contributed by atoms with E-state index in [4.69, 9.17) is 0 Å². The highest BCUT2D eigenvalue weighted by Gasteiger charge is 2.20. The van der Waals surface area contributed by atoms with Crippen LogP contribution >= 0.6 is 0 Å². The smallest absolute Gasteiger partial charge is 0.0203 e. The van der Waals surface area contributed by atoms with Crippen LogP contribution in [-0.2, 0) is 0 Å². The number of allylic oxidation sites excluding steroid dienone is 2. The van der Waals surface area contributed by atoms with Crippen molar-refractivity contribution < 1.29 is 0 Å². The van der Waals surface area contributed by atoms with Gasteiger partial charge in [0, 0.05) is 0 Å². The largest absolute Gasteiger partial charge is 0.0851 e. The molecule has 0 bridgehead atoms. The van der Waals surface area contributed by atoms with E-state index in [0.29, 0.717) is 0 Å². The average Bonchev–Trinajstić information content (AvgIpc) is 2.35. The van der Waals surface area contributed by atoms with Gasteiger partial charge < -0.3 is 0 Å². The molecule has 0 saturated heterocycles. The molecular weight excluding hydrogens is 132 g/mol. The molecule has 0 aromatic rings. The lowest BCUT2D eigenvalue weighted by molar-refractivity contribution is 0.508. The molecule has 2 rings (SSSR count). The second-order valence-electron chi connectivity index (χ2n) is 4.01. The van der Waals surface area contributed by atoms with Gasteiger partial charge in [-0.1, -0.05) is 24.5 Å². The molecule has 11 heavy (non-hydrogen) atoms. The molecule has 0 aromatic heterocycles. The maximum atomic E-state index is 2.54. The Kier molecular flexibility index (Phi) is 2.30. The van der Waals surface area contributed by atoms with Crippen LogP contribution in [0.15, 0.2) is 11.6 Å². The Labute approximate surface area is 69.7 Å². The van der Waals surface area contributed by atoms with Crippen molar-refractivity contribution in [1.29, 1.82) is 0 Å². The Balaban J connectivity index is 2.04. The minimum atomic E-state index is 1.01. The van der Waals surface area contributed by atoms with Crippen molar-refractivity contribution in [3.8, 4) is 0 Å². The molecule has 2 aliphatic rings. The van der Waals surface area contributed by atoms with E-state index >= 15 is 0 Å². The van der Waals surface area contributed by atoms with Gasteiger partial charge in [0.05, 0.1) is 0 Å². The van der Waals surface area contributed by atoms with Gasteiger partial charge in [-0.25, -0.2) is 0 Å². The monoisotopic (exact) mass is 150 g/mol. The van der Waals surface area contributed by atoms with Crippen molar-refractivity contribution >= 4 is 0 Å². The molecule has 2 aliphatic carbocycles. The zero-order valence-corrected chi connectivity index (χ0v) is 7.31. The summed E-state index contributed by atoms with van der Waals surface area (Å²) in [4.78, 5) is 0. The molecule has 1 saturated carbocycles. The predicted octanol–water partition coefficient (Wildman–Crippen LogP) is 3.68. The van der Waals surface area contributed by atoms with Gasteiger partial charge >= 0.3 is 0 Å². The molecule has 0 heterocycles. The second-order valence-corrected chi connectivity index (χ2v) is 4.01. The zero-order valence-electron chi connectivity index (χ0n) is 7.31. The van der Waals surface area contributed by atoms with Crippen LogP contribution in [0.3, 0.4) is 0 Å². The predicted molar refractivity (Wildman–Crippen MR) is 48.5 cm³/mol. The number of hydrogen-bond acceptors (Lipinski definition) is 0. The van der Waals surface area contributed by atoms with Crippen molar-refractivity contribution in [3.05, 3.63) is 11.6 Å². The summed E-state index contributed by atoms with van der Waals surface area (Å²) in [5.41, 5.74) is 1.81. The fourth-order valence-corrected chi connectivity index (χ4v) is 2.54. The first-order chi connectivity index (χ1) is 5.47. The SMILES string of the molecule is C1=C2CCCC2CCCCC1. The van der Waals surface area contributed by atoms with Gasteiger partial charge in [-0.15, -0.1) is 0 Å². The van der Waals surface area contributed by atoms with Crippen molar-refractivity contribution in [3.63, 3.8) is 0 Å². The summed E-state index contributed by atoms with van der Waals surface area (Å²) in [6.07, 6.45) is 14.2. The van der Waals surface area contributed by atoms with Crippen LogP contribution in [0.1, 0.15) is 51.4 Å². The van der Waals surface area contributed by atoms with Crippen LogP contribution in [0.5, 0.6) is 0 Å². The first kappa shape index (κ1) is 7.39. The summed E-state index contributed by atoms with van der Waals surface area (Å²) in [6, 6.07) is 0. The minimum absolute atomic E-state index is 1.01. The van der Waals surface area contributed by atoms with Crippen molar-refractivity contribution in [1.82, 2.24) is 0 Å². The number of fused-ring (bicyclic) bond motifs is 1. The van der Waals surface area contributed by atoms with E-state index in [0.717, 1.165) is 5.92 Å². The zero-order chi connectivity index (χ0) is 7.52. The molecule has 0 radical (unpaired) electrons. The number of hydrogen-bond donors (Lipinski definition) is 0. The third-order valence-electron chi connectivity index (χ3n) is 3.21. The molecule has 1 atom stereocenters. The summed E-state index contributed by atoms with van der Waals surface area (Å²) in [5.74, 6) is 1.01. The third-order valence-corrected chi connectivity index (χ3v) is 3.21. The van der Waals surface area contributed by atoms with Crippen LogP contribution in [0, 0.1) is 5.92 Å². The number of rotatable bonds is 0. The third kappa shape index (κ3) is 1.66. The standard InChI is InChI=1S/C11H18/c1-2-4-7-11-9-5-8-10(11)6-3-1/h6,11H,1-5,7-9H2. The van der Waals surface area contributed by atoms with Gasteiger partial charge in [0.25, 0.3) is 0 Å². The molecule has 0 heteroatoms. The van der Waals surface area contributed by atoms with Gasteiger partial charge in [0.2, 0.25) is 0 Å². The fraction of sp³-hybridized carbons (Fsp3) is 0.818. The maximum absolute atomic E-state index is 2.54. The molecule has 62 valence electrons. The molecule has 0 aliphatic heterocycles. The first-order valence-corrected chi connectivity index (χ1v) is 5.16. The Morgan fingerprint density at radius 1 is 1.00 bits per heavy atom. The van der Waals surface area contributed by atoms with Crippen molar-refractivity contribution in [2.45, 2.75) is 51.4 Å². The summed E-state index contributed by atoms with van der Waals surface area (Å²) < 4.78 is 0. The first-order valence-electron chi connectivity index (χ1n) is 5.16. The van der Waals surface area contributed by atoms with E-state index in [-0.39, 0.29) is 0 Å². The van der Waals surface area contributed by atoms with Crippen molar-refractivity contribution in [2.24, 2.45) is 5.92 Å². The van der Waals surface area contributed by atoms with Crippen molar-refractivity contribution in [2.75, 3.05) is 0 Å². The molecule has 1 fully saturated rings. The fourth-order valence-electron chi connectivity index (χ4n) is 2.54. The highest BCUT2D eigenvalue weighted by Crippen LogP contribution is 2.36. The Morgan fingerprint density at radius 2 is 1.91 bits per heavy atom. The molecule has 0 aromatic carbocycles. The normalized spacial score (nSPS) is 32.0. The van der Waals surface area contributed by atoms with Crippen LogP contribution in [0.4, 0.5) is 0 Å². The maximum Gasteiger partial charge on any atom is -0.0203 e. The summed E-state index contributed by atoms with van der Waals surface area (Å²) in [7, 11) is 0. The highest BCUT2D eigenvalue weighted by atomic mass is 14.3. The van der Waals surface area contributed by atoms with Crippen LogP contribution in [0.25, 0.3) is 0 Å². The lowest BCUT2D eigenvalue weighted by Crippen LogP contribution is -1.99. The quantitative estimate of drug-likeness (QED) is 0.462. The molecule has 0 amide bonds.